The molecule has 0 spiro atoms. The van der Waals surface area contributed by atoms with Crippen LogP contribution in [0.15, 0.2) is 0 Å². The fourth-order valence-corrected chi connectivity index (χ4v) is 2.03. The van der Waals surface area contributed by atoms with Crippen LogP contribution < -0.4 is 5.32 Å². The predicted octanol–water partition coefficient (Wildman–Crippen LogP) is 2.60. The molecule has 92 valence electrons. The molecule has 0 saturated heterocycles. The average molecular weight is 214 g/mol. The highest BCUT2D eigenvalue weighted by molar-refractivity contribution is 4.75. The van der Waals surface area contributed by atoms with E-state index in [1.807, 2.05) is 0 Å². The topological polar surface area (TPSA) is 15.3 Å². The second kappa shape index (κ2) is 8.12. The van der Waals surface area contributed by atoms with Crippen molar-refractivity contribution in [3.05, 3.63) is 0 Å². The van der Waals surface area contributed by atoms with Gasteiger partial charge in [-0.25, -0.2) is 0 Å². The highest BCUT2D eigenvalue weighted by atomic mass is 15.1. The molecular weight excluding hydrogens is 184 g/mol. The van der Waals surface area contributed by atoms with Crippen molar-refractivity contribution in [1.29, 1.82) is 0 Å². The number of rotatable bonds is 8. The van der Waals surface area contributed by atoms with Gasteiger partial charge in [0.25, 0.3) is 0 Å². The number of hydrogen-bond acceptors (Lipinski definition) is 2. The van der Waals surface area contributed by atoms with E-state index in [2.05, 4.69) is 51.9 Å². The summed E-state index contributed by atoms with van der Waals surface area (Å²) in [4.78, 5) is 2.45. The van der Waals surface area contributed by atoms with Crippen molar-refractivity contribution in [1.82, 2.24) is 10.2 Å². The molecule has 0 aromatic heterocycles. The van der Waals surface area contributed by atoms with E-state index in [-0.39, 0.29) is 0 Å². The predicted molar refractivity (Wildman–Crippen MR) is 69.3 cm³/mol. The third kappa shape index (κ3) is 6.91. The fourth-order valence-electron chi connectivity index (χ4n) is 2.03. The summed E-state index contributed by atoms with van der Waals surface area (Å²) < 4.78 is 0. The van der Waals surface area contributed by atoms with Gasteiger partial charge in [0.05, 0.1) is 0 Å². The first-order valence-electron chi connectivity index (χ1n) is 6.43. The summed E-state index contributed by atoms with van der Waals surface area (Å²) in [6.07, 6.45) is 1.26. The minimum Gasteiger partial charge on any atom is -0.313 e. The SMILES string of the molecule is CCNC(CN(C)CC(C)C)C(C)CC. The number of nitrogens with one attached hydrogen (secondary N) is 1. The van der Waals surface area contributed by atoms with Crippen LogP contribution in [0, 0.1) is 11.8 Å². The Balaban J connectivity index is 4.03. The van der Waals surface area contributed by atoms with Crippen LogP contribution in [0.5, 0.6) is 0 Å². The van der Waals surface area contributed by atoms with Crippen LogP contribution in [0.1, 0.15) is 41.0 Å². The van der Waals surface area contributed by atoms with Crippen molar-refractivity contribution in [2.75, 3.05) is 26.7 Å². The normalized spacial score (nSPS) is 16.0. The molecule has 0 aliphatic rings. The molecule has 0 aliphatic carbocycles. The maximum absolute atomic E-state index is 3.60. The first kappa shape index (κ1) is 14.9. The van der Waals surface area contributed by atoms with Crippen LogP contribution >= 0.6 is 0 Å². The molecule has 0 heterocycles. The van der Waals surface area contributed by atoms with Crippen LogP contribution in [0.2, 0.25) is 0 Å². The summed E-state index contributed by atoms with van der Waals surface area (Å²) in [5, 5.41) is 3.60. The summed E-state index contributed by atoms with van der Waals surface area (Å²) in [6.45, 7) is 14.8. The first-order valence-corrected chi connectivity index (χ1v) is 6.43. The van der Waals surface area contributed by atoms with Gasteiger partial charge in [0.15, 0.2) is 0 Å². The van der Waals surface area contributed by atoms with Crippen molar-refractivity contribution in [2.24, 2.45) is 11.8 Å². The molecule has 0 bridgehead atoms. The van der Waals surface area contributed by atoms with E-state index in [1.165, 1.54) is 19.5 Å². The van der Waals surface area contributed by atoms with E-state index in [0.717, 1.165) is 18.4 Å². The van der Waals surface area contributed by atoms with Crippen molar-refractivity contribution < 1.29 is 0 Å². The quantitative estimate of drug-likeness (QED) is 0.668. The van der Waals surface area contributed by atoms with Crippen LogP contribution in [0.4, 0.5) is 0 Å². The Morgan fingerprint density at radius 2 is 1.67 bits per heavy atom. The van der Waals surface area contributed by atoms with Crippen LogP contribution in [0.3, 0.4) is 0 Å². The van der Waals surface area contributed by atoms with Crippen LogP contribution in [0.25, 0.3) is 0 Å². The van der Waals surface area contributed by atoms with Gasteiger partial charge >= 0.3 is 0 Å². The van der Waals surface area contributed by atoms with Crippen molar-refractivity contribution >= 4 is 0 Å². The lowest BCUT2D eigenvalue weighted by atomic mass is 9.98. The molecule has 2 nitrogen and oxygen atoms in total. The minimum atomic E-state index is 0.642. The van der Waals surface area contributed by atoms with Crippen molar-refractivity contribution in [3.63, 3.8) is 0 Å². The lowest BCUT2D eigenvalue weighted by Crippen LogP contribution is -2.44. The molecular formula is C13H30N2. The number of likely N-dealkylation sites (N-methyl/N-ethyl adjacent to an activating group) is 2. The average Bonchev–Trinajstić information content (AvgIpc) is 2.14. The molecule has 2 unspecified atom stereocenters. The molecule has 2 atom stereocenters. The van der Waals surface area contributed by atoms with E-state index in [9.17, 15) is 0 Å². The molecule has 0 aliphatic heterocycles. The maximum atomic E-state index is 3.60. The van der Waals surface area contributed by atoms with Crippen LogP contribution in [-0.2, 0) is 0 Å². The zero-order valence-electron chi connectivity index (χ0n) is 11.5. The van der Waals surface area contributed by atoms with E-state index in [4.69, 9.17) is 0 Å². The van der Waals surface area contributed by atoms with Gasteiger partial charge in [-0.2, -0.15) is 0 Å². The van der Waals surface area contributed by atoms with Gasteiger partial charge in [0, 0.05) is 19.1 Å². The molecule has 0 saturated carbocycles. The monoisotopic (exact) mass is 214 g/mol. The molecule has 1 N–H and O–H groups in total. The molecule has 0 fully saturated rings. The summed E-state index contributed by atoms with van der Waals surface area (Å²) in [6, 6.07) is 0.642. The fraction of sp³-hybridized carbons (Fsp3) is 1.00. The third-order valence-corrected chi connectivity index (χ3v) is 2.98. The maximum Gasteiger partial charge on any atom is 0.0220 e. The Labute approximate surface area is 96.4 Å². The van der Waals surface area contributed by atoms with Gasteiger partial charge in [-0.3, -0.25) is 0 Å². The van der Waals surface area contributed by atoms with Gasteiger partial charge < -0.3 is 10.2 Å². The lowest BCUT2D eigenvalue weighted by molar-refractivity contribution is 0.228. The molecule has 0 aromatic rings. The Morgan fingerprint density at radius 3 is 2.07 bits per heavy atom. The van der Waals surface area contributed by atoms with Crippen LogP contribution in [-0.4, -0.2) is 37.6 Å². The van der Waals surface area contributed by atoms with Gasteiger partial charge in [-0.1, -0.05) is 41.0 Å². The molecule has 0 radical (unpaired) electrons. The molecule has 2 heteroatoms. The molecule has 0 rings (SSSR count). The Hall–Kier alpha value is -0.0800. The zero-order chi connectivity index (χ0) is 11.8. The summed E-state index contributed by atoms with van der Waals surface area (Å²) in [5.74, 6) is 1.52. The van der Waals surface area contributed by atoms with Crippen molar-refractivity contribution in [2.45, 2.75) is 47.1 Å². The second-order valence-corrected chi connectivity index (χ2v) is 5.16. The molecule has 0 aromatic carbocycles. The number of nitrogens with zero attached hydrogens (tertiary/aromatic N) is 1. The van der Waals surface area contributed by atoms with E-state index < -0.39 is 0 Å². The van der Waals surface area contributed by atoms with E-state index >= 15 is 0 Å². The second-order valence-electron chi connectivity index (χ2n) is 5.16. The molecule has 15 heavy (non-hydrogen) atoms. The smallest absolute Gasteiger partial charge is 0.0220 e. The summed E-state index contributed by atoms with van der Waals surface area (Å²) >= 11 is 0. The highest BCUT2D eigenvalue weighted by Crippen LogP contribution is 2.09. The van der Waals surface area contributed by atoms with Gasteiger partial charge in [-0.15, -0.1) is 0 Å². The Kier molecular flexibility index (Phi) is 8.07. The Bertz CT molecular complexity index is 145. The Morgan fingerprint density at radius 1 is 1.07 bits per heavy atom. The van der Waals surface area contributed by atoms with Gasteiger partial charge in [0.1, 0.15) is 0 Å². The van der Waals surface area contributed by atoms with Gasteiger partial charge in [-0.05, 0) is 25.4 Å². The zero-order valence-corrected chi connectivity index (χ0v) is 11.5. The molecule has 0 amide bonds. The minimum absolute atomic E-state index is 0.642. The van der Waals surface area contributed by atoms with E-state index in [0.29, 0.717) is 6.04 Å². The van der Waals surface area contributed by atoms with E-state index in [1.54, 1.807) is 0 Å². The highest BCUT2D eigenvalue weighted by Gasteiger charge is 2.16. The van der Waals surface area contributed by atoms with Gasteiger partial charge in [0.2, 0.25) is 0 Å². The standard InChI is InChI=1S/C13H30N2/c1-7-12(5)13(14-8-2)10-15(6)9-11(3)4/h11-14H,7-10H2,1-6H3. The third-order valence-electron chi connectivity index (χ3n) is 2.98. The first-order chi connectivity index (χ1) is 7.01. The summed E-state index contributed by atoms with van der Waals surface area (Å²) in [5.41, 5.74) is 0. The summed E-state index contributed by atoms with van der Waals surface area (Å²) in [7, 11) is 2.23. The number of hydrogen-bond donors (Lipinski definition) is 1. The lowest BCUT2D eigenvalue weighted by Gasteiger charge is -2.29. The largest absolute Gasteiger partial charge is 0.313 e. The van der Waals surface area contributed by atoms with Crippen molar-refractivity contribution in [3.8, 4) is 0 Å².